The maximum absolute atomic E-state index is 13.1. The molecule has 0 aromatic carbocycles. The molecule has 12 heteroatoms. The molecule has 32 heavy (non-hydrogen) atoms. The molecular formula is C20H16F3N9. The van der Waals surface area contributed by atoms with Crippen LogP contribution in [0.4, 0.5) is 19.0 Å². The summed E-state index contributed by atoms with van der Waals surface area (Å²) in [7, 11) is 0. The van der Waals surface area contributed by atoms with Crippen molar-refractivity contribution in [3.05, 3.63) is 59.5 Å². The van der Waals surface area contributed by atoms with Gasteiger partial charge in [-0.3, -0.25) is 4.40 Å². The van der Waals surface area contributed by atoms with E-state index in [0.29, 0.717) is 30.9 Å². The van der Waals surface area contributed by atoms with E-state index in [1.54, 1.807) is 6.07 Å². The summed E-state index contributed by atoms with van der Waals surface area (Å²) in [4.78, 5) is 18.1. The van der Waals surface area contributed by atoms with Crippen molar-refractivity contribution in [3.63, 3.8) is 0 Å². The number of rotatable bonds is 4. The Bertz CT molecular complexity index is 1300. The first kappa shape index (κ1) is 21.0. The molecule has 0 fully saturated rings. The molecule has 0 saturated heterocycles. The number of nitrogens with zero attached hydrogens (tertiary/aromatic N) is 7. The Morgan fingerprint density at radius 1 is 1.25 bits per heavy atom. The number of nitriles is 1. The molecule has 0 bridgehead atoms. The van der Waals surface area contributed by atoms with Gasteiger partial charge in [-0.25, -0.2) is 19.9 Å². The zero-order valence-corrected chi connectivity index (χ0v) is 16.5. The minimum absolute atomic E-state index is 0.0451. The highest BCUT2D eigenvalue weighted by atomic mass is 19.4. The van der Waals surface area contributed by atoms with Crippen molar-refractivity contribution in [3.8, 4) is 17.6 Å². The standard InChI is InChI=1S/C20H16F3N9/c21-20(22,23)16-11-32-15(8-29-18(32)9-28-16)19-27-4-3-17(30-19)31-5-1-2-12(10-31)13(6-24)14(26)7-25/h2-4,6,8-9,11,24H,1,5,10,26H2/b14-13+,24-6?. The van der Waals surface area contributed by atoms with Crippen LogP contribution in [0.1, 0.15) is 12.1 Å². The molecule has 4 heterocycles. The zero-order valence-electron chi connectivity index (χ0n) is 16.5. The molecule has 162 valence electrons. The third-order valence-electron chi connectivity index (χ3n) is 4.93. The zero-order chi connectivity index (χ0) is 22.9. The van der Waals surface area contributed by atoms with Gasteiger partial charge in [0.05, 0.1) is 12.4 Å². The second-order valence-electron chi connectivity index (χ2n) is 6.90. The van der Waals surface area contributed by atoms with Crippen molar-refractivity contribution in [2.75, 3.05) is 18.0 Å². The average molecular weight is 439 g/mol. The second kappa shape index (κ2) is 8.10. The van der Waals surface area contributed by atoms with Gasteiger partial charge in [0.25, 0.3) is 0 Å². The molecule has 3 aromatic heterocycles. The lowest BCUT2D eigenvalue weighted by atomic mass is 10.0. The highest BCUT2D eigenvalue weighted by molar-refractivity contribution is 5.85. The molecule has 0 spiro atoms. The Hall–Kier alpha value is -4.27. The van der Waals surface area contributed by atoms with E-state index < -0.39 is 11.9 Å². The van der Waals surface area contributed by atoms with Crippen molar-refractivity contribution in [1.29, 1.82) is 10.7 Å². The lowest BCUT2D eigenvalue weighted by Gasteiger charge is -2.29. The summed E-state index contributed by atoms with van der Waals surface area (Å²) in [6.45, 7) is 0.978. The lowest BCUT2D eigenvalue weighted by Crippen LogP contribution is -2.31. The summed E-state index contributed by atoms with van der Waals surface area (Å²) in [6.07, 6.45) is 3.81. The van der Waals surface area contributed by atoms with Gasteiger partial charge in [0.2, 0.25) is 0 Å². The van der Waals surface area contributed by atoms with Crippen LogP contribution in [0, 0.1) is 16.7 Å². The number of imidazole rings is 1. The molecule has 0 amide bonds. The van der Waals surface area contributed by atoms with E-state index in [9.17, 15) is 13.2 Å². The van der Waals surface area contributed by atoms with Gasteiger partial charge < -0.3 is 16.0 Å². The van der Waals surface area contributed by atoms with E-state index in [0.717, 1.165) is 24.2 Å². The van der Waals surface area contributed by atoms with Gasteiger partial charge in [0.15, 0.2) is 17.2 Å². The summed E-state index contributed by atoms with van der Waals surface area (Å²) in [5.41, 5.74) is 6.21. The number of nitrogens with one attached hydrogen (secondary N) is 1. The number of hydrogen-bond donors (Lipinski definition) is 2. The van der Waals surface area contributed by atoms with Crippen molar-refractivity contribution >= 4 is 17.7 Å². The Balaban J connectivity index is 1.69. The molecule has 0 radical (unpaired) electrons. The summed E-state index contributed by atoms with van der Waals surface area (Å²) in [5, 5.41) is 16.6. The molecule has 0 unspecified atom stereocenters. The highest BCUT2D eigenvalue weighted by Crippen LogP contribution is 2.29. The third-order valence-corrected chi connectivity index (χ3v) is 4.93. The van der Waals surface area contributed by atoms with Crippen LogP contribution >= 0.6 is 0 Å². The van der Waals surface area contributed by atoms with E-state index in [1.165, 1.54) is 16.8 Å². The van der Waals surface area contributed by atoms with Crippen LogP contribution in [0.3, 0.4) is 0 Å². The number of fused-ring (bicyclic) bond motifs is 1. The molecule has 1 aliphatic rings. The SMILES string of the molecule is N#C/C(N)=C(/C=N)C1=CCCN(c2ccnc(-c3cnc4cnc(C(F)(F)F)cn34)n2)C1. The molecule has 1 aliphatic heterocycles. The van der Waals surface area contributed by atoms with Crippen molar-refractivity contribution in [1.82, 2.24) is 24.3 Å². The first-order chi connectivity index (χ1) is 15.3. The number of allylic oxidation sites excluding steroid dienone is 1. The van der Waals surface area contributed by atoms with E-state index in [-0.39, 0.29) is 22.9 Å². The second-order valence-corrected chi connectivity index (χ2v) is 6.90. The number of nitrogens with two attached hydrogens (primary N) is 1. The van der Waals surface area contributed by atoms with Crippen molar-refractivity contribution in [2.45, 2.75) is 12.6 Å². The van der Waals surface area contributed by atoms with E-state index in [2.05, 4.69) is 19.9 Å². The predicted molar refractivity (Wildman–Crippen MR) is 110 cm³/mol. The molecule has 0 aliphatic carbocycles. The Labute approximate surface area is 179 Å². The first-order valence-electron chi connectivity index (χ1n) is 9.40. The van der Waals surface area contributed by atoms with E-state index in [4.69, 9.17) is 16.4 Å². The van der Waals surface area contributed by atoms with Gasteiger partial charge in [0.1, 0.15) is 23.3 Å². The molecule has 3 N–H and O–H groups in total. The molecular weight excluding hydrogens is 423 g/mol. The number of alkyl halides is 3. The van der Waals surface area contributed by atoms with Gasteiger partial charge in [-0.15, -0.1) is 0 Å². The number of hydrogen-bond acceptors (Lipinski definition) is 8. The summed E-state index contributed by atoms with van der Waals surface area (Å²) in [5.74, 6) is 0.741. The predicted octanol–water partition coefficient (Wildman–Crippen LogP) is 2.73. The van der Waals surface area contributed by atoms with Crippen LogP contribution < -0.4 is 10.6 Å². The fourth-order valence-electron chi connectivity index (χ4n) is 3.39. The lowest BCUT2D eigenvalue weighted by molar-refractivity contribution is -0.141. The minimum Gasteiger partial charge on any atom is -0.390 e. The fraction of sp³-hybridized carbons (Fsp3) is 0.200. The van der Waals surface area contributed by atoms with Crippen LogP contribution in [0.15, 0.2) is 53.8 Å². The maximum atomic E-state index is 13.1. The fourth-order valence-corrected chi connectivity index (χ4v) is 3.39. The van der Waals surface area contributed by atoms with Crippen LogP contribution in [-0.4, -0.2) is 43.6 Å². The topological polar surface area (TPSA) is 133 Å². The normalized spacial score (nSPS) is 15.2. The Kier molecular flexibility index (Phi) is 5.31. The van der Waals surface area contributed by atoms with Gasteiger partial charge in [-0.2, -0.15) is 18.4 Å². The monoisotopic (exact) mass is 439 g/mol. The molecule has 9 nitrogen and oxygen atoms in total. The summed E-state index contributed by atoms with van der Waals surface area (Å²) in [6, 6.07) is 3.53. The van der Waals surface area contributed by atoms with Crippen molar-refractivity contribution in [2.24, 2.45) is 5.73 Å². The number of anilines is 1. The van der Waals surface area contributed by atoms with Crippen LogP contribution in [-0.2, 0) is 6.18 Å². The molecule has 3 aromatic rings. The maximum Gasteiger partial charge on any atom is 0.434 e. The quantitative estimate of drug-likeness (QED) is 0.472. The smallest absolute Gasteiger partial charge is 0.390 e. The van der Waals surface area contributed by atoms with Crippen LogP contribution in [0.2, 0.25) is 0 Å². The van der Waals surface area contributed by atoms with Crippen LogP contribution in [0.5, 0.6) is 0 Å². The minimum atomic E-state index is -4.60. The van der Waals surface area contributed by atoms with E-state index >= 15 is 0 Å². The third kappa shape index (κ3) is 3.87. The summed E-state index contributed by atoms with van der Waals surface area (Å²) < 4.78 is 40.5. The van der Waals surface area contributed by atoms with Gasteiger partial charge in [0, 0.05) is 37.3 Å². The molecule has 0 atom stereocenters. The number of halogens is 3. The molecule has 0 saturated carbocycles. The van der Waals surface area contributed by atoms with Crippen molar-refractivity contribution < 1.29 is 13.2 Å². The Morgan fingerprint density at radius 2 is 2.06 bits per heavy atom. The average Bonchev–Trinajstić information content (AvgIpc) is 3.22. The van der Waals surface area contributed by atoms with Gasteiger partial charge in [-0.05, 0) is 18.1 Å². The first-order valence-corrected chi connectivity index (χ1v) is 9.40. The van der Waals surface area contributed by atoms with Crippen LogP contribution in [0.25, 0.3) is 17.2 Å². The molecule has 4 rings (SSSR count). The largest absolute Gasteiger partial charge is 0.434 e. The van der Waals surface area contributed by atoms with E-state index in [1.807, 2.05) is 17.0 Å². The highest BCUT2D eigenvalue weighted by Gasteiger charge is 2.33. The summed E-state index contributed by atoms with van der Waals surface area (Å²) >= 11 is 0. The number of aromatic nitrogens is 5. The van der Waals surface area contributed by atoms with Gasteiger partial charge in [-0.1, -0.05) is 6.08 Å². The Morgan fingerprint density at radius 3 is 2.78 bits per heavy atom. The van der Waals surface area contributed by atoms with Gasteiger partial charge >= 0.3 is 6.18 Å².